The van der Waals surface area contributed by atoms with Crippen LogP contribution >= 0.6 is 0 Å². The molecule has 0 unspecified atom stereocenters. The summed E-state index contributed by atoms with van der Waals surface area (Å²) in [7, 11) is 1.65. The van der Waals surface area contributed by atoms with Crippen molar-refractivity contribution in [3.8, 4) is 0 Å². The topological polar surface area (TPSA) is 115 Å². The number of aryl methyl sites for hydroxylation is 2. The van der Waals surface area contributed by atoms with E-state index in [1.807, 2.05) is 0 Å². The van der Waals surface area contributed by atoms with E-state index >= 15 is 0 Å². The average Bonchev–Trinajstić information content (AvgIpc) is 2.93. The van der Waals surface area contributed by atoms with Crippen LogP contribution in [0.2, 0.25) is 0 Å². The van der Waals surface area contributed by atoms with E-state index in [0.717, 1.165) is 18.7 Å². The first-order valence-corrected chi connectivity index (χ1v) is 5.43. The Kier molecular flexibility index (Phi) is 3.51. The number of rotatable bonds is 6. The van der Waals surface area contributed by atoms with Gasteiger partial charge in [0.15, 0.2) is 0 Å². The highest BCUT2D eigenvalue weighted by Crippen LogP contribution is 2.21. The number of nitrogens with zero attached hydrogens (tertiary/aromatic N) is 5. The van der Waals surface area contributed by atoms with Crippen molar-refractivity contribution in [2.75, 3.05) is 11.9 Å². The lowest BCUT2D eigenvalue weighted by Gasteiger charge is -2.01. The minimum absolute atomic E-state index is 0.0165. The molecule has 2 N–H and O–H groups in total. The molecule has 2 rings (SSSR count). The third-order valence-corrected chi connectivity index (χ3v) is 2.35. The predicted molar refractivity (Wildman–Crippen MR) is 63.1 cm³/mol. The van der Waals surface area contributed by atoms with Gasteiger partial charge in [-0.25, -0.2) is 4.98 Å². The van der Waals surface area contributed by atoms with Gasteiger partial charge in [-0.3, -0.25) is 19.9 Å². The van der Waals surface area contributed by atoms with E-state index < -0.39 is 4.92 Å². The summed E-state index contributed by atoms with van der Waals surface area (Å²) < 4.78 is 1.41. The molecule has 0 aliphatic carbocycles. The Balaban J connectivity index is 1.84. The van der Waals surface area contributed by atoms with Crippen LogP contribution in [-0.4, -0.2) is 36.4 Å². The Bertz CT molecular complexity index is 519. The van der Waals surface area contributed by atoms with Crippen LogP contribution in [0.15, 0.2) is 12.5 Å². The highest BCUT2D eigenvalue weighted by Gasteiger charge is 2.17. The lowest BCUT2D eigenvalue weighted by atomic mass is 10.3. The van der Waals surface area contributed by atoms with Gasteiger partial charge in [0, 0.05) is 20.0 Å². The number of nitrogens with one attached hydrogen (secondary N) is 2. The fourth-order valence-electron chi connectivity index (χ4n) is 1.55. The van der Waals surface area contributed by atoms with Gasteiger partial charge in [0.2, 0.25) is 5.82 Å². The zero-order chi connectivity index (χ0) is 13.0. The quantitative estimate of drug-likeness (QED) is 0.438. The van der Waals surface area contributed by atoms with Crippen LogP contribution in [-0.2, 0) is 13.5 Å². The first kappa shape index (κ1) is 12.0. The van der Waals surface area contributed by atoms with Gasteiger partial charge in [-0.15, -0.1) is 5.10 Å². The second kappa shape index (κ2) is 5.25. The smallest absolute Gasteiger partial charge is 0.330 e. The van der Waals surface area contributed by atoms with Crippen LogP contribution in [0.1, 0.15) is 12.2 Å². The summed E-state index contributed by atoms with van der Waals surface area (Å²) in [5.41, 5.74) is -0.0165. The minimum atomic E-state index is -0.453. The molecule has 0 atom stereocenters. The van der Waals surface area contributed by atoms with E-state index in [1.165, 1.54) is 17.2 Å². The number of H-pyrrole nitrogens is 1. The van der Waals surface area contributed by atoms with Crippen molar-refractivity contribution in [1.82, 2.24) is 25.0 Å². The van der Waals surface area contributed by atoms with Crippen LogP contribution < -0.4 is 5.32 Å². The minimum Gasteiger partial charge on any atom is -0.363 e. The van der Waals surface area contributed by atoms with Gasteiger partial charge in [0.05, 0.1) is 4.92 Å². The zero-order valence-corrected chi connectivity index (χ0v) is 9.83. The Morgan fingerprint density at radius 2 is 2.44 bits per heavy atom. The van der Waals surface area contributed by atoms with Crippen molar-refractivity contribution >= 4 is 11.5 Å². The summed E-state index contributed by atoms with van der Waals surface area (Å²) >= 11 is 0. The standard InChI is InChI=1S/C9H13N7O2/c1-15-5-7(16(17)18)9(14-15)10-4-2-3-8-11-6-12-13-8/h5-6H,2-4H2,1H3,(H,10,14)(H,11,12,13). The van der Waals surface area contributed by atoms with Gasteiger partial charge in [-0.1, -0.05) is 0 Å². The maximum Gasteiger partial charge on any atom is 0.330 e. The fourth-order valence-corrected chi connectivity index (χ4v) is 1.55. The molecule has 9 nitrogen and oxygen atoms in total. The van der Waals surface area contributed by atoms with Crippen LogP contribution in [0.3, 0.4) is 0 Å². The van der Waals surface area contributed by atoms with Gasteiger partial charge in [-0.2, -0.15) is 5.10 Å². The highest BCUT2D eigenvalue weighted by molar-refractivity contribution is 5.54. The summed E-state index contributed by atoms with van der Waals surface area (Å²) in [5.74, 6) is 1.09. The van der Waals surface area contributed by atoms with E-state index in [9.17, 15) is 10.1 Å². The predicted octanol–water partition coefficient (Wildman–Crippen LogP) is 0.491. The molecule has 0 saturated heterocycles. The van der Waals surface area contributed by atoms with Crippen molar-refractivity contribution < 1.29 is 4.92 Å². The van der Waals surface area contributed by atoms with E-state index in [2.05, 4.69) is 25.6 Å². The third-order valence-electron chi connectivity index (χ3n) is 2.35. The number of aromatic amines is 1. The molecule has 0 spiro atoms. The molecule has 0 aliphatic rings. The monoisotopic (exact) mass is 251 g/mol. The molecule has 0 saturated carbocycles. The van der Waals surface area contributed by atoms with Crippen molar-refractivity contribution in [3.63, 3.8) is 0 Å². The Morgan fingerprint density at radius 1 is 1.61 bits per heavy atom. The van der Waals surface area contributed by atoms with Crippen molar-refractivity contribution in [2.24, 2.45) is 7.05 Å². The van der Waals surface area contributed by atoms with E-state index in [1.54, 1.807) is 7.05 Å². The Labute approximate surface area is 102 Å². The first-order valence-electron chi connectivity index (χ1n) is 5.43. The van der Waals surface area contributed by atoms with Gasteiger partial charge in [0.25, 0.3) is 0 Å². The molecule has 2 aromatic heterocycles. The molecule has 2 aromatic rings. The number of hydrogen-bond acceptors (Lipinski definition) is 6. The number of aromatic nitrogens is 5. The van der Waals surface area contributed by atoms with Crippen LogP contribution in [0.5, 0.6) is 0 Å². The molecular weight excluding hydrogens is 238 g/mol. The highest BCUT2D eigenvalue weighted by atomic mass is 16.6. The van der Waals surface area contributed by atoms with Gasteiger partial charge >= 0.3 is 5.69 Å². The lowest BCUT2D eigenvalue weighted by molar-refractivity contribution is -0.384. The average molecular weight is 251 g/mol. The van der Waals surface area contributed by atoms with Gasteiger partial charge < -0.3 is 5.32 Å². The SMILES string of the molecule is Cn1cc([N+](=O)[O-])c(NCCCc2ncn[nH]2)n1. The molecule has 96 valence electrons. The molecule has 0 aliphatic heterocycles. The zero-order valence-electron chi connectivity index (χ0n) is 9.83. The first-order chi connectivity index (χ1) is 8.66. The third kappa shape index (κ3) is 2.81. The van der Waals surface area contributed by atoms with Gasteiger partial charge in [0.1, 0.15) is 18.3 Å². The second-order valence-corrected chi connectivity index (χ2v) is 3.76. The van der Waals surface area contributed by atoms with Crippen molar-refractivity contribution in [2.45, 2.75) is 12.8 Å². The molecule has 0 radical (unpaired) electrons. The van der Waals surface area contributed by atoms with Crippen LogP contribution in [0, 0.1) is 10.1 Å². The molecule has 0 fully saturated rings. The maximum absolute atomic E-state index is 10.7. The molecule has 0 amide bonds. The number of anilines is 1. The van der Waals surface area contributed by atoms with Crippen LogP contribution in [0.4, 0.5) is 11.5 Å². The Morgan fingerprint density at radius 3 is 3.11 bits per heavy atom. The summed E-state index contributed by atoms with van der Waals surface area (Å²) in [6.07, 6.45) is 4.34. The second-order valence-electron chi connectivity index (χ2n) is 3.76. The van der Waals surface area contributed by atoms with Crippen molar-refractivity contribution in [3.05, 3.63) is 28.5 Å². The normalized spacial score (nSPS) is 10.5. The molecule has 18 heavy (non-hydrogen) atoms. The largest absolute Gasteiger partial charge is 0.363 e. The maximum atomic E-state index is 10.7. The number of nitro groups is 1. The summed E-state index contributed by atoms with van der Waals surface area (Å²) in [6.45, 7) is 0.582. The van der Waals surface area contributed by atoms with E-state index in [-0.39, 0.29) is 5.69 Å². The summed E-state index contributed by atoms with van der Waals surface area (Å²) in [6, 6.07) is 0. The van der Waals surface area contributed by atoms with Gasteiger partial charge in [-0.05, 0) is 6.42 Å². The van der Waals surface area contributed by atoms with Crippen LogP contribution in [0.25, 0.3) is 0 Å². The molecule has 2 heterocycles. The van der Waals surface area contributed by atoms with E-state index in [0.29, 0.717) is 12.4 Å². The molecule has 0 bridgehead atoms. The van der Waals surface area contributed by atoms with Crippen molar-refractivity contribution in [1.29, 1.82) is 0 Å². The summed E-state index contributed by atoms with van der Waals surface area (Å²) in [4.78, 5) is 14.3. The Hall–Kier alpha value is -2.45. The fraction of sp³-hybridized carbons (Fsp3) is 0.444. The molecule has 0 aromatic carbocycles. The lowest BCUT2D eigenvalue weighted by Crippen LogP contribution is -2.06. The molecular formula is C9H13N7O2. The van der Waals surface area contributed by atoms with E-state index in [4.69, 9.17) is 0 Å². The summed E-state index contributed by atoms with van der Waals surface area (Å²) in [5, 5.41) is 24.2. The molecule has 9 heteroatoms. The number of hydrogen-bond donors (Lipinski definition) is 2.